The van der Waals surface area contributed by atoms with Gasteiger partial charge in [-0.25, -0.2) is 0 Å². The molecule has 0 radical (unpaired) electrons. The van der Waals surface area contributed by atoms with Gasteiger partial charge in [0.25, 0.3) is 0 Å². The number of carboxylic acids is 1. The van der Waals surface area contributed by atoms with E-state index in [1.54, 1.807) is 6.92 Å². The van der Waals surface area contributed by atoms with Crippen molar-refractivity contribution in [2.75, 3.05) is 26.2 Å². The van der Waals surface area contributed by atoms with E-state index in [-0.39, 0.29) is 42.4 Å². The van der Waals surface area contributed by atoms with Gasteiger partial charge in [0.15, 0.2) is 0 Å². The van der Waals surface area contributed by atoms with Crippen molar-refractivity contribution in [2.45, 2.75) is 60.1 Å². The molecule has 24 heavy (non-hydrogen) atoms. The molecule has 0 aromatic carbocycles. The van der Waals surface area contributed by atoms with Crippen molar-refractivity contribution < 1.29 is 24.5 Å². The van der Waals surface area contributed by atoms with E-state index in [4.69, 9.17) is 9.84 Å². The Kier molecular flexibility index (Phi) is 9.47. The number of aliphatic hydroxyl groups is 1. The van der Waals surface area contributed by atoms with Crippen LogP contribution in [0, 0.1) is 10.8 Å². The zero-order chi connectivity index (χ0) is 19.0. The maximum Gasteiger partial charge on any atom is 0.322 e. The van der Waals surface area contributed by atoms with Crippen LogP contribution in [0.15, 0.2) is 0 Å². The third-order valence-corrected chi connectivity index (χ3v) is 3.29. The number of ether oxygens (including phenoxy) is 1. The number of rotatable bonds is 11. The molecule has 7 heteroatoms. The van der Waals surface area contributed by atoms with Crippen LogP contribution in [0.4, 0.5) is 0 Å². The molecule has 7 nitrogen and oxygen atoms in total. The predicted molar refractivity (Wildman–Crippen MR) is 92.8 cm³/mol. The number of esters is 1. The Balaban J connectivity index is 4.09. The normalized spacial score (nSPS) is 15.0. The summed E-state index contributed by atoms with van der Waals surface area (Å²) in [6, 6.07) is -0.370. The van der Waals surface area contributed by atoms with Crippen molar-refractivity contribution in [3.05, 3.63) is 0 Å². The number of carbonyl (C=O) groups is 2. The molecule has 0 aliphatic rings. The van der Waals surface area contributed by atoms with Crippen molar-refractivity contribution >= 4 is 11.9 Å². The summed E-state index contributed by atoms with van der Waals surface area (Å²) >= 11 is 0. The SMILES string of the molecule is C[C@H](NCC(C)(C)C)C(=O)OCC(C)(C)CNCC(O)CC(=O)O. The maximum absolute atomic E-state index is 12.0. The minimum atomic E-state index is -1.03. The second kappa shape index (κ2) is 9.96. The summed E-state index contributed by atoms with van der Waals surface area (Å²) in [6.07, 6.45) is -1.22. The molecule has 0 bridgehead atoms. The van der Waals surface area contributed by atoms with E-state index in [9.17, 15) is 14.7 Å². The molecular weight excluding hydrogens is 312 g/mol. The first-order valence-corrected chi connectivity index (χ1v) is 8.33. The fourth-order valence-electron chi connectivity index (χ4n) is 1.84. The first-order chi connectivity index (χ1) is 10.8. The highest BCUT2D eigenvalue weighted by Gasteiger charge is 2.23. The molecule has 0 saturated carbocycles. The van der Waals surface area contributed by atoms with Gasteiger partial charge in [-0.2, -0.15) is 0 Å². The van der Waals surface area contributed by atoms with Crippen LogP contribution >= 0.6 is 0 Å². The minimum Gasteiger partial charge on any atom is -0.481 e. The van der Waals surface area contributed by atoms with E-state index in [0.717, 1.165) is 6.54 Å². The van der Waals surface area contributed by atoms with Gasteiger partial charge in [-0.05, 0) is 12.3 Å². The summed E-state index contributed by atoms with van der Waals surface area (Å²) in [5, 5.41) is 24.2. The zero-order valence-corrected chi connectivity index (χ0v) is 15.8. The number of nitrogens with one attached hydrogen (secondary N) is 2. The van der Waals surface area contributed by atoms with Gasteiger partial charge in [-0.1, -0.05) is 34.6 Å². The zero-order valence-electron chi connectivity index (χ0n) is 15.8. The molecule has 0 spiro atoms. The van der Waals surface area contributed by atoms with Crippen LogP contribution in [0.5, 0.6) is 0 Å². The van der Waals surface area contributed by atoms with Crippen LogP contribution in [0.25, 0.3) is 0 Å². The first-order valence-electron chi connectivity index (χ1n) is 8.33. The van der Waals surface area contributed by atoms with Crippen LogP contribution in [-0.2, 0) is 14.3 Å². The molecule has 0 saturated heterocycles. The lowest BCUT2D eigenvalue weighted by Gasteiger charge is -2.27. The Hall–Kier alpha value is -1.18. The molecule has 0 aliphatic carbocycles. The number of carboxylic acid groups (broad SMARTS) is 1. The maximum atomic E-state index is 12.0. The first kappa shape index (κ1) is 22.8. The lowest BCUT2D eigenvalue weighted by molar-refractivity contribution is -0.149. The second-order valence-electron chi connectivity index (χ2n) is 8.32. The van der Waals surface area contributed by atoms with Gasteiger partial charge in [0.05, 0.1) is 19.1 Å². The number of aliphatic carboxylic acids is 1. The number of carbonyl (C=O) groups excluding carboxylic acids is 1. The summed E-state index contributed by atoms with van der Waals surface area (Å²) < 4.78 is 5.36. The molecule has 0 fully saturated rings. The average molecular weight is 346 g/mol. The number of hydrogen-bond donors (Lipinski definition) is 4. The van der Waals surface area contributed by atoms with Crippen molar-refractivity contribution in [3.63, 3.8) is 0 Å². The molecule has 2 atom stereocenters. The summed E-state index contributed by atoms with van der Waals surface area (Å²) in [5.41, 5.74) is -0.225. The highest BCUT2D eigenvalue weighted by molar-refractivity contribution is 5.75. The van der Waals surface area contributed by atoms with E-state index in [0.29, 0.717) is 6.54 Å². The van der Waals surface area contributed by atoms with Gasteiger partial charge < -0.3 is 25.6 Å². The number of aliphatic hydroxyl groups excluding tert-OH is 1. The van der Waals surface area contributed by atoms with Gasteiger partial charge in [0.2, 0.25) is 0 Å². The Morgan fingerprint density at radius 2 is 1.71 bits per heavy atom. The highest BCUT2D eigenvalue weighted by Crippen LogP contribution is 2.15. The Labute approximate surface area is 145 Å². The standard InChI is InChI=1S/C17H34N2O5/c1-12(19-9-16(2,3)4)15(23)24-11-17(5,6)10-18-8-13(20)7-14(21)22/h12-13,18-20H,7-11H2,1-6H3,(H,21,22)/t12-,13?/m0/s1. The highest BCUT2D eigenvalue weighted by atomic mass is 16.5. The van der Waals surface area contributed by atoms with E-state index < -0.39 is 12.1 Å². The van der Waals surface area contributed by atoms with Crippen molar-refractivity contribution in [3.8, 4) is 0 Å². The summed E-state index contributed by atoms with van der Waals surface area (Å²) in [4.78, 5) is 22.5. The summed E-state index contributed by atoms with van der Waals surface area (Å²) in [6.45, 7) is 13.6. The largest absolute Gasteiger partial charge is 0.481 e. The Morgan fingerprint density at radius 3 is 2.21 bits per heavy atom. The van der Waals surface area contributed by atoms with Crippen molar-refractivity contribution in [1.82, 2.24) is 10.6 Å². The van der Waals surface area contributed by atoms with E-state index in [1.165, 1.54) is 0 Å². The van der Waals surface area contributed by atoms with E-state index in [1.807, 2.05) is 13.8 Å². The van der Waals surface area contributed by atoms with Crippen molar-refractivity contribution in [2.24, 2.45) is 10.8 Å². The fraction of sp³-hybridized carbons (Fsp3) is 0.882. The quantitative estimate of drug-likeness (QED) is 0.413. The molecule has 4 N–H and O–H groups in total. The fourth-order valence-corrected chi connectivity index (χ4v) is 1.84. The van der Waals surface area contributed by atoms with Gasteiger partial charge in [-0.15, -0.1) is 0 Å². The summed E-state index contributed by atoms with van der Waals surface area (Å²) in [7, 11) is 0. The van der Waals surface area contributed by atoms with E-state index >= 15 is 0 Å². The van der Waals surface area contributed by atoms with Crippen LogP contribution in [-0.4, -0.2) is 60.5 Å². The number of hydrogen-bond acceptors (Lipinski definition) is 6. The summed E-state index contributed by atoms with van der Waals surface area (Å²) in [5.74, 6) is -1.33. The van der Waals surface area contributed by atoms with E-state index in [2.05, 4.69) is 31.4 Å². The smallest absolute Gasteiger partial charge is 0.322 e. The van der Waals surface area contributed by atoms with Crippen LogP contribution in [0.3, 0.4) is 0 Å². The third kappa shape index (κ3) is 12.3. The Morgan fingerprint density at radius 1 is 1.12 bits per heavy atom. The predicted octanol–water partition coefficient (Wildman–Crippen LogP) is 1.01. The van der Waals surface area contributed by atoms with Gasteiger partial charge in [-0.3, -0.25) is 9.59 Å². The van der Waals surface area contributed by atoms with Gasteiger partial charge in [0, 0.05) is 25.0 Å². The third-order valence-electron chi connectivity index (χ3n) is 3.29. The topological polar surface area (TPSA) is 108 Å². The molecule has 0 aromatic heterocycles. The average Bonchev–Trinajstić information content (AvgIpc) is 2.40. The molecular formula is C17H34N2O5. The van der Waals surface area contributed by atoms with Gasteiger partial charge >= 0.3 is 11.9 Å². The molecule has 1 unspecified atom stereocenters. The molecule has 0 aromatic rings. The van der Waals surface area contributed by atoms with Crippen LogP contribution in [0.2, 0.25) is 0 Å². The van der Waals surface area contributed by atoms with Crippen LogP contribution in [0.1, 0.15) is 48.0 Å². The molecule has 0 heterocycles. The van der Waals surface area contributed by atoms with Crippen molar-refractivity contribution in [1.29, 1.82) is 0 Å². The lowest BCUT2D eigenvalue weighted by Crippen LogP contribution is -2.42. The molecule has 0 aliphatic heterocycles. The Bertz CT molecular complexity index is 404. The lowest BCUT2D eigenvalue weighted by atomic mass is 9.94. The molecule has 0 rings (SSSR count). The second-order valence-corrected chi connectivity index (χ2v) is 8.32. The monoisotopic (exact) mass is 346 g/mol. The minimum absolute atomic E-state index is 0.0918. The molecule has 142 valence electrons. The van der Waals surface area contributed by atoms with Crippen LogP contribution < -0.4 is 10.6 Å². The molecule has 0 amide bonds. The van der Waals surface area contributed by atoms with Gasteiger partial charge in [0.1, 0.15) is 6.04 Å².